The molecular formula is C14H22N4S. The van der Waals surface area contributed by atoms with E-state index >= 15 is 0 Å². The number of nitrogens with zero attached hydrogens (tertiary/aromatic N) is 2. The van der Waals surface area contributed by atoms with Crippen LogP contribution in [-0.2, 0) is 13.5 Å². The Balaban J connectivity index is 2.13. The van der Waals surface area contributed by atoms with Crippen molar-refractivity contribution in [1.29, 1.82) is 0 Å². The summed E-state index contributed by atoms with van der Waals surface area (Å²) in [7, 11) is 2.06. The van der Waals surface area contributed by atoms with Gasteiger partial charge in [0.25, 0.3) is 0 Å². The van der Waals surface area contributed by atoms with Crippen LogP contribution in [0.5, 0.6) is 0 Å². The van der Waals surface area contributed by atoms with E-state index in [1.807, 2.05) is 30.0 Å². The summed E-state index contributed by atoms with van der Waals surface area (Å²) in [4.78, 5) is 4.69. The molecule has 1 aromatic heterocycles. The molecule has 0 aliphatic carbocycles. The Labute approximate surface area is 118 Å². The number of thioether (sulfide) groups is 1. The Morgan fingerprint density at radius 2 is 2.11 bits per heavy atom. The SMILES string of the molecule is CC(C)SCC(Cc1nc2ccccc2n1C)NN. The predicted octanol–water partition coefficient (Wildman–Crippen LogP) is 2.09. The van der Waals surface area contributed by atoms with Crippen LogP contribution in [0.25, 0.3) is 11.0 Å². The lowest BCUT2D eigenvalue weighted by atomic mass is 10.2. The van der Waals surface area contributed by atoms with E-state index in [4.69, 9.17) is 5.84 Å². The Hall–Kier alpha value is -1.04. The quantitative estimate of drug-likeness (QED) is 0.627. The van der Waals surface area contributed by atoms with Gasteiger partial charge in [0, 0.05) is 25.3 Å². The van der Waals surface area contributed by atoms with Crippen LogP contribution in [-0.4, -0.2) is 26.6 Å². The second kappa shape index (κ2) is 6.41. The van der Waals surface area contributed by atoms with Crippen LogP contribution < -0.4 is 11.3 Å². The molecule has 5 heteroatoms. The van der Waals surface area contributed by atoms with Crippen molar-refractivity contribution >= 4 is 22.8 Å². The van der Waals surface area contributed by atoms with Crippen molar-refractivity contribution in [3.63, 3.8) is 0 Å². The molecule has 2 aromatic rings. The average molecular weight is 278 g/mol. The summed E-state index contributed by atoms with van der Waals surface area (Å²) in [6, 6.07) is 8.46. The topological polar surface area (TPSA) is 55.9 Å². The number of fused-ring (bicyclic) bond motifs is 1. The molecule has 0 bridgehead atoms. The predicted molar refractivity (Wildman–Crippen MR) is 83.1 cm³/mol. The number of rotatable bonds is 6. The first kappa shape index (κ1) is 14.4. The Kier molecular flexibility index (Phi) is 4.85. The summed E-state index contributed by atoms with van der Waals surface area (Å²) in [6.07, 6.45) is 0.849. The molecule has 3 N–H and O–H groups in total. The number of para-hydroxylation sites is 2. The first-order chi connectivity index (χ1) is 9.11. The zero-order chi connectivity index (χ0) is 13.8. The molecule has 1 aromatic carbocycles. The number of nitrogens with one attached hydrogen (secondary N) is 1. The van der Waals surface area contributed by atoms with E-state index in [-0.39, 0.29) is 6.04 Å². The third-order valence-electron chi connectivity index (χ3n) is 3.18. The minimum Gasteiger partial charge on any atom is -0.331 e. The average Bonchev–Trinajstić information content (AvgIpc) is 2.71. The highest BCUT2D eigenvalue weighted by Gasteiger charge is 2.14. The van der Waals surface area contributed by atoms with Crippen LogP contribution in [0, 0.1) is 0 Å². The summed E-state index contributed by atoms with van der Waals surface area (Å²) < 4.78 is 2.15. The Morgan fingerprint density at radius 1 is 1.37 bits per heavy atom. The lowest BCUT2D eigenvalue weighted by Crippen LogP contribution is -2.39. The van der Waals surface area contributed by atoms with Crippen LogP contribution >= 0.6 is 11.8 Å². The van der Waals surface area contributed by atoms with Gasteiger partial charge in [-0.1, -0.05) is 26.0 Å². The van der Waals surface area contributed by atoms with E-state index in [1.54, 1.807) is 0 Å². The van der Waals surface area contributed by atoms with Crippen LogP contribution in [0.15, 0.2) is 24.3 Å². The van der Waals surface area contributed by atoms with Gasteiger partial charge in [-0.05, 0) is 17.4 Å². The maximum absolute atomic E-state index is 5.65. The van der Waals surface area contributed by atoms with Crippen molar-refractivity contribution in [3.8, 4) is 0 Å². The first-order valence-corrected chi connectivity index (χ1v) is 7.64. The molecule has 0 amide bonds. The first-order valence-electron chi connectivity index (χ1n) is 6.60. The minimum absolute atomic E-state index is 0.253. The number of hydrazine groups is 1. The van der Waals surface area contributed by atoms with Crippen molar-refractivity contribution in [2.24, 2.45) is 12.9 Å². The van der Waals surface area contributed by atoms with Gasteiger partial charge in [-0.2, -0.15) is 11.8 Å². The third-order valence-corrected chi connectivity index (χ3v) is 4.44. The molecule has 0 aliphatic rings. The highest BCUT2D eigenvalue weighted by atomic mass is 32.2. The third kappa shape index (κ3) is 3.49. The molecule has 1 heterocycles. The summed E-state index contributed by atoms with van der Waals surface area (Å²) in [5, 5.41) is 0.622. The van der Waals surface area contributed by atoms with E-state index in [0.29, 0.717) is 5.25 Å². The maximum Gasteiger partial charge on any atom is 0.111 e. The number of nitrogens with two attached hydrogens (primary N) is 1. The second-order valence-corrected chi connectivity index (χ2v) is 6.64. The normalized spacial score (nSPS) is 13.3. The fraction of sp³-hybridized carbons (Fsp3) is 0.500. The summed E-state index contributed by atoms with van der Waals surface area (Å²) >= 11 is 1.92. The van der Waals surface area contributed by atoms with Gasteiger partial charge >= 0.3 is 0 Å². The van der Waals surface area contributed by atoms with Gasteiger partial charge in [0.05, 0.1) is 11.0 Å². The molecule has 0 radical (unpaired) electrons. The summed E-state index contributed by atoms with van der Waals surface area (Å²) in [6.45, 7) is 4.40. The second-order valence-electron chi connectivity index (χ2n) is 5.03. The standard InChI is InChI=1S/C14H22N4S/c1-10(2)19-9-11(17-15)8-14-16-12-6-4-5-7-13(12)18(14)3/h4-7,10-11,17H,8-9,15H2,1-3H3. The van der Waals surface area contributed by atoms with E-state index in [9.17, 15) is 0 Å². The van der Waals surface area contributed by atoms with Crippen molar-refractivity contribution in [1.82, 2.24) is 15.0 Å². The number of imidazole rings is 1. The molecule has 2 rings (SSSR count). The monoisotopic (exact) mass is 278 g/mol. The molecule has 19 heavy (non-hydrogen) atoms. The van der Waals surface area contributed by atoms with Crippen LogP contribution in [0.3, 0.4) is 0 Å². The van der Waals surface area contributed by atoms with Gasteiger partial charge in [0.1, 0.15) is 5.82 Å². The summed E-state index contributed by atoms with van der Waals surface area (Å²) in [5.41, 5.74) is 5.12. The number of hydrogen-bond acceptors (Lipinski definition) is 4. The van der Waals surface area contributed by atoms with Gasteiger partial charge in [-0.15, -0.1) is 0 Å². The molecule has 0 saturated carbocycles. The van der Waals surface area contributed by atoms with Gasteiger partial charge in [-0.3, -0.25) is 11.3 Å². The van der Waals surface area contributed by atoms with Gasteiger partial charge in [0.2, 0.25) is 0 Å². The van der Waals surface area contributed by atoms with E-state index < -0.39 is 0 Å². The van der Waals surface area contributed by atoms with Gasteiger partial charge in [-0.25, -0.2) is 4.98 Å². The highest BCUT2D eigenvalue weighted by molar-refractivity contribution is 7.99. The molecule has 1 unspecified atom stereocenters. The number of aryl methyl sites for hydroxylation is 1. The molecule has 0 aliphatic heterocycles. The fourth-order valence-electron chi connectivity index (χ4n) is 2.07. The number of aromatic nitrogens is 2. The van der Waals surface area contributed by atoms with E-state index in [2.05, 4.69) is 41.9 Å². The molecule has 0 saturated heterocycles. The number of hydrogen-bond donors (Lipinski definition) is 2. The van der Waals surface area contributed by atoms with Crippen LogP contribution in [0.1, 0.15) is 19.7 Å². The lowest BCUT2D eigenvalue weighted by Gasteiger charge is -2.16. The largest absolute Gasteiger partial charge is 0.331 e. The molecule has 4 nitrogen and oxygen atoms in total. The van der Waals surface area contributed by atoms with E-state index in [0.717, 1.165) is 23.5 Å². The van der Waals surface area contributed by atoms with Gasteiger partial charge < -0.3 is 4.57 Å². The van der Waals surface area contributed by atoms with Crippen molar-refractivity contribution < 1.29 is 0 Å². The maximum atomic E-state index is 5.65. The van der Waals surface area contributed by atoms with Crippen LogP contribution in [0.2, 0.25) is 0 Å². The Bertz CT molecular complexity index is 535. The molecule has 104 valence electrons. The molecular weight excluding hydrogens is 256 g/mol. The van der Waals surface area contributed by atoms with Gasteiger partial charge in [0.15, 0.2) is 0 Å². The van der Waals surface area contributed by atoms with E-state index in [1.165, 1.54) is 5.52 Å². The fourth-order valence-corrected chi connectivity index (χ4v) is 2.90. The van der Waals surface area contributed by atoms with Crippen molar-refractivity contribution in [3.05, 3.63) is 30.1 Å². The van der Waals surface area contributed by atoms with Crippen molar-refractivity contribution in [2.45, 2.75) is 31.6 Å². The minimum atomic E-state index is 0.253. The molecule has 0 fully saturated rings. The highest BCUT2D eigenvalue weighted by Crippen LogP contribution is 2.17. The zero-order valence-corrected chi connectivity index (χ0v) is 12.6. The van der Waals surface area contributed by atoms with Crippen molar-refractivity contribution in [2.75, 3.05) is 5.75 Å². The molecule has 1 atom stereocenters. The number of benzene rings is 1. The Morgan fingerprint density at radius 3 is 2.74 bits per heavy atom. The molecule has 0 spiro atoms. The summed E-state index contributed by atoms with van der Waals surface area (Å²) in [5.74, 6) is 7.73. The smallest absolute Gasteiger partial charge is 0.111 e. The zero-order valence-electron chi connectivity index (χ0n) is 11.8. The van der Waals surface area contributed by atoms with Crippen LogP contribution in [0.4, 0.5) is 0 Å². The lowest BCUT2D eigenvalue weighted by molar-refractivity contribution is 0.553.